The van der Waals surface area contributed by atoms with Crippen LogP contribution in [0.3, 0.4) is 0 Å². The third kappa shape index (κ3) is 2.66. The lowest BCUT2D eigenvalue weighted by Gasteiger charge is -2.10. The largest absolute Gasteiger partial charge is 0.465 e. The average Bonchev–Trinajstić information content (AvgIpc) is 2.28. The Morgan fingerprint density at radius 2 is 2.00 bits per heavy atom. The zero-order valence-corrected chi connectivity index (χ0v) is 9.73. The summed E-state index contributed by atoms with van der Waals surface area (Å²) in [5.74, 6) is -0.873. The van der Waals surface area contributed by atoms with E-state index in [-0.39, 0.29) is 22.8 Å². The number of esters is 1. The molecule has 0 spiro atoms. The summed E-state index contributed by atoms with van der Waals surface area (Å²) < 4.78 is 4.57. The first-order valence-corrected chi connectivity index (χ1v) is 4.84. The maximum Gasteiger partial charge on any atom is 0.338 e. The molecule has 0 aliphatic heterocycles. The number of benzene rings is 1. The van der Waals surface area contributed by atoms with Crippen LogP contribution in [0, 0.1) is 11.8 Å². The number of rotatable bonds is 3. The van der Waals surface area contributed by atoms with Crippen LogP contribution >= 0.6 is 0 Å². The van der Waals surface area contributed by atoms with E-state index in [9.17, 15) is 14.5 Å². The molecule has 0 bridgehead atoms. The summed E-state index contributed by atoms with van der Waals surface area (Å²) in [5, 5.41) is 5.29. The third-order valence-electron chi connectivity index (χ3n) is 2.24. The summed E-state index contributed by atoms with van der Waals surface area (Å²) in [6.45, 7) is 2.88. The molecule has 0 unspecified atom stereocenters. The van der Waals surface area contributed by atoms with Crippen molar-refractivity contribution in [3.63, 3.8) is 0 Å². The monoisotopic (exact) mass is 236 g/mol. The van der Waals surface area contributed by atoms with E-state index in [2.05, 4.69) is 15.2 Å². The van der Waals surface area contributed by atoms with E-state index in [0.29, 0.717) is 5.56 Å². The number of hydrogen-bond donors (Lipinski definition) is 1. The molecule has 1 rings (SSSR count). The molecule has 0 saturated heterocycles. The average molecular weight is 236 g/mol. The molecule has 0 aliphatic carbocycles. The van der Waals surface area contributed by atoms with Crippen molar-refractivity contribution < 1.29 is 14.3 Å². The zero-order chi connectivity index (χ0) is 13.0. The molecule has 0 aromatic heterocycles. The summed E-state index contributed by atoms with van der Waals surface area (Å²) in [6, 6.07) is 2.92. The number of carbonyl (C=O) groups excluding carboxylic acids is 2. The van der Waals surface area contributed by atoms with E-state index in [0.717, 1.165) is 0 Å². The number of nitrogens with zero attached hydrogens (tertiary/aromatic N) is 1. The Morgan fingerprint density at radius 1 is 1.35 bits per heavy atom. The number of anilines is 1. The summed E-state index contributed by atoms with van der Waals surface area (Å²) in [7, 11) is 1.25. The highest BCUT2D eigenvalue weighted by Gasteiger charge is 2.16. The lowest BCUT2D eigenvalue weighted by molar-refractivity contribution is -0.114. The second kappa shape index (κ2) is 5.20. The predicted octanol–water partition coefficient (Wildman–Crippen LogP) is 2.14. The van der Waals surface area contributed by atoms with Crippen LogP contribution in [0.2, 0.25) is 0 Å². The van der Waals surface area contributed by atoms with E-state index in [1.807, 2.05) is 0 Å². The SMILES string of the molecule is COC(=O)c1ccc(NC(C)=O)c(N=O)c1C. The fourth-order valence-corrected chi connectivity index (χ4v) is 1.44. The second-order valence-corrected chi connectivity index (χ2v) is 3.40. The minimum Gasteiger partial charge on any atom is -0.465 e. The van der Waals surface area contributed by atoms with Crippen LogP contribution in [0.5, 0.6) is 0 Å². The molecular formula is C11H12N2O4. The number of methoxy groups -OCH3 is 1. The Balaban J connectivity index is 3.31. The summed E-state index contributed by atoms with van der Waals surface area (Å²) >= 11 is 0. The quantitative estimate of drug-likeness (QED) is 0.643. The molecule has 0 aliphatic rings. The highest BCUT2D eigenvalue weighted by molar-refractivity contribution is 5.97. The van der Waals surface area contributed by atoms with Crippen LogP contribution in [0.4, 0.5) is 11.4 Å². The van der Waals surface area contributed by atoms with Crippen molar-refractivity contribution in [2.24, 2.45) is 5.18 Å². The molecule has 6 nitrogen and oxygen atoms in total. The number of ether oxygens (including phenoxy) is 1. The van der Waals surface area contributed by atoms with E-state index >= 15 is 0 Å². The number of nitroso groups, excluding NO2 is 1. The second-order valence-electron chi connectivity index (χ2n) is 3.40. The van der Waals surface area contributed by atoms with Crippen molar-refractivity contribution in [1.29, 1.82) is 0 Å². The smallest absolute Gasteiger partial charge is 0.338 e. The van der Waals surface area contributed by atoms with Crippen molar-refractivity contribution in [3.05, 3.63) is 28.2 Å². The standard InChI is InChI=1S/C11H12N2O4/c1-6-8(11(15)17-3)4-5-9(10(6)13-16)12-7(2)14/h4-5H,1-3H3,(H,12,14). The summed E-state index contributed by atoms with van der Waals surface area (Å²) in [5.41, 5.74) is 0.926. The molecule has 0 radical (unpaired) electrons. The first-order valence-electron chi connectivity index (χ1n) is 4.84. The molecule has 0 saturated carbocycles. The third-order valence-corrected chi connectivity index (χ3v) is 2.24. The zero-order valence-electron chi connectivity index (χ0n) is 9.73. The van der Waals surface area contributed by atoms with Gasteiger partial charge >= 0.3 is 5.97 Å². The number of nitrogens with one attached hydrogen (secondary N) is 1. The van der Waals surface area contributed by atoms with Gasteiger partial charge in [0.2, 0.25) is 5.91 Å². The first-order chi connectivity index (χ1) is 8.01. The van der Waals surface area contributed by atoms with Crippen molar-refractivity contribution in [2.45, 2.75) is 13.8 Å². The molecule has 1 aromatic carbocycles. The van der Waals surface area contributed by atoms with Crippen LogP contribution in [0.1, 0.15) is 22.8 Å². The first kappa shape index (κ1) is 12.8. The van der Waals surface area contributed by atoms with Gasteiger partial charge in [0.1, 0.15) is 5.69 Å². The van der Waals surface area contributed by atoms with E-state index in [4.69, 9.17) is 0 Å². The molecule has 17 heavy (non-hydrogen) atoms. The number of amides is 1. The lowest BCUT2D eigenvalue weighted by Crippen LogP contribution is -2.09. The van der Waals surface area contributed by atoms with Crippen LogP contribution < -0.4 is 5.32 Å². The highest BCUT2D eigenvalue weighted by Crippen LogP contribution is 2.31. The van der Waals surface area contributed by atoms with Crippen LogP contribution in [0.25, 0.3) is 0 Å². The van der Waals surface area contributed by atoms with Gasteiger partial charge in [-0.05, 0) is 29.8 Å². The minimum absolute atomic E-state index is 0.0306. The Labute approximate surface area is 97.9 Å². The van der Waals surface area contributed by atoms with Crippen LogP contribution in [-0.4, -0.2) is 19.0 Å². The predicted molar refractivity (Wildman–Crippen MR) is 62.3 cm³/mol. The van der Waals surface area contributed by atoms with Gasteiger partial charge in [-0.25, -0.2) is 4.79 Å². The Hall–Kier alpha value is -2.24. The van der Waals surface area contributed by atoms with Gasteiger partial charge in [-0.3, -0.25) is 4.79 Å². The topological polar surface area (TPSA) is 84.8 Å². The lowest BCUT2D eigenvalue weighted by atomic mass is 10.1. The Kier molecular flexibility index (Phi) is 3.92. The summed E-state index contributed by atoms with van der Waals surface area (Å²) in [4.78, 5) is 33.0. The summed E-state index contributed by atoms with van der Waals surface area (Å²) in [6.07, 6.45) is 0. The van der Waals surface area contributed by atoms with Crippen molar-refractivity contribution in [3.8, 4) is 0 Å². The van der Waals surface area contributed by atoms with Gasteiger partial charge in [0.15, 0.2) is 0 Å². The molecule has 0 atom stereocenters. The van der Waals surface area contributed by atoms with Gasteiger partial charge in [0.05, 0.1) is 18.4 Å². The maximum absolute atomic E-state index is 11.4. The molecule has 0 fully saturated rings. The minimum atomic E-state index is -0.554. The van der Waals surface area contributed by atoms with Gasteiger partial charge in [-0.15, -0.1) is 4.91 Å². The van der Waals surface area contributed by atoms with E-state index in [1.165, 1.54) is 26.2 Å². The van der Waals surface area contributed by atoms with Crippen LogP contribution in [0.15, 0.2) is 17.3 Å². The van der Waals surface area contributed by atoms with Crippen molar-refractivity contribution in [2.75, 3.05) is 12.4 Å². The van der Waals surface area contributed by atoms with Gasteiger partial charge in [-0.2, -0.15) is 0 Å². The van der Waals surface area contributed by atoms with E-state index in [1.54, 1.807) is 6.92 Å². The molecule has 1 amide bonds. The molecule has 90 valence electrons. The maximum atomic E-state index is 11.4. The molecule has 6 heteroatoms. The molecule has 1 aromatic rings. The van der Waals surface area contributed by atoms with Gasteiger partial charge < -0.3 is 10.1 Å². The van der Waals surface area contributed by atoms with Gasteiger partial charge in [-0.1, -0.05) is 0 Å². The fraction of sp³-hybridized carbons (Fsp3) is 0.273. The van der Waals surface area contributed by atoms with E-state index < -0.39 is 5.97 Å². The molecule has 1 N–H and O–H groups in total. The van der Waals surface area contributed by atoms with Crippen molar-refractivity contribution in [1.82, 2.24) is 0 Å². The van der Waals surface area contributed by atoms with Crippen molar-refractivity contribution >= 4 is 23.3 Å². The highest BCUT2D eigenvalue weighted by atomic mass is 16.5. The normalized spacial score (nSPS) is 9.59. The molecule has 0 heterocycles. The van der Waals surface area contributed by atoms with Crippen LogP contribution in [-0.2, 0) is 9.53 Å². The number of hydrogen-bond acceptors (Lipinski definition) is 5. The fourth-order valence-electron chi connectivity index (χ4n) is 1.44. The molecular weight excluding hydrogens is 224 g/mol. The Morgan fingerprint density at radius 3 is 2.47 bits per heavy atom. The number of carbonyl (C=O) groups is 2. The van der Waals surface area contributed by atoms with Gasteiger partial charge in [0, 0.05) is 6.92 Å². The van der Waals surface area contributed by atoms with Gasteiger partial charge in [0.25, 0.3) is 0 Å². The Bertz CT molecular complexity index is 483.